The molecule has 6 aromatic carbocycles. The summed E-state index contributed by atoms with van der Waals surface area (Å²) in [5, 5.41) is 2.13. The van der Waals surface area contributed by atoms with Crippen LogP contribution in [0.4, 0.5) is 0 Å². The van der Waals surface area contributed by atoms with Crippen LogP contribution in [0.25, 0.3) is 78.4 Å². The van der Waals surface area contributed by atoms with Crippen molar-refractivity contribution < 1.29 is 4.42 Å². The van der Waals surface area contributed by atoms with Gasteiger partial charge in [0.2, 0.25) is 0 Å². The Morgan fingerprint density at radius 1 is 0.408 bits per heavy atom. The number of furan rings is 1. The zero-order valence-electron chi connectivity index (χ0n) is 27.1. The fourth-order valence-corrected chi connectivity index (χ4v) is 8.39. The van der Waals surface area contributed by atoms with Gasteiger partial charge in [-0.05, 0) is 82.6 Å². The van der Waals surface area contributed by atoms with E-state index in [1.165, 1.54) is 59.9 Å². The number of rotatable bonds is 4. The van der Waals surface area contributed by atoms with Crippen LogP contribution in [0.5, 0.6) is 0 Å². The van der Waals surface area contributed by atoms with E-state index in [-0.39, 0.29) is 5.41 Å². The number of aromatic nitrogens is 3. The average molecular weight is 632 g/mol. The van der Waals surface area contributed by atoms with Gasteiger partial charge in [0.05, 0.1) is 0 Å². The fraction of sp³-hybridized carbons (Fsp3) is 0.133. The molecule has 1 saturated carbocycles. The second-order valence-corrected chi connectivity index (χ2v) is 13.5. The lowest BCUT2D eigenvalue weighted by molar-refractivity contribution is 0.353. The van der Waals surface area contributed by atoms with Crippen molar-refractivity contribution in [1.82, 2.24) is 15.0 Å². The maximum atomic E-state index is 6.11. The van der Waals surface area contributed by atoms with Gasteiger partial charge in [0, 0.05) is 32.9 Å². The molecular formula is C45H33N3O. The molecule has 1 fully saturated rings. The molecule has 0 aliphatic heterocycles. The van der Waals surface area contributed by atoms with Gasteiger partial charge in [-0.3, -0.25) is 0 Å². The van der Waals surface area contributed by atoms with Gasteiger partial charge in [-0.1, -0.05) is 122 Å². The molecule has 2 aromatic heterocycles. The first kappa shape index (κ1) is 28.2. The highest BCUT2D eigenvalue weighted by Gasteiger charge is 2.43. The number of para-hydroxylation sites is 1. The van der Waals surface area contributed by atoms with E-state index in [9.17, 15) is 0 Å². The lowest BCUT2D eigenvalue weighted by Gasteiger charge is -2.36. The molecule has 2 aliphatic rings. The molecule has 2 heterocycles. The minimum atomic E-state index is 0.158. The summed E-state index contributed by atoms with van der Waals surface area (Å²) in [7, 11) is 0. The van der Waals surface area contributed by atoms with E-state index >= 15 is 0 Å². The molecule has 4 heteroatoms. The summed E-state index contributed by atoms with van der Waals surface area (Å²) in [4.78, 5) is 15.1. The normalized spacial score (nSPS) is 14.7. The van der Waals surface area contributed by atoms with Crippen LogP contribution in [-0.2, 0) is 5.41 Å². The largest absolute Gasteiger partial charge is 0.456 e. The van der Waals surface area contributed by atoms with Crippen molar-refractivity contribution in [3.63, 3.8) is 0 Å². The Balaban J connectivity index is 1.09. The zero-order valence-corrected chi connectivity index (χ0v) is 27.1. The standard InChI is InChI=1S/C45H33N3O/c1-3-12-29(13-4-1)42-46-43(48-44(47-42)33-21-23-41-37(28-33)35-17-6-8-19-40(35)49-41)32-15-11-14-30(26-32)31-20-22-39-36(27-31)34-16-5-7-18-38(34)45(39)24-9-2-10-25-45/h1,3-8,11-23,26-28H,2,9-10,24-25H2. The predicted octanol–water partition coefficient (Wildman–Crippen LogP) is 11.7. The highest BCUT2D eigenvalue weighted by atomic mass is 16.3. The molecule has 0 unspecified atom stereocenters. The van der Waals surface area contributed by atoms with Crippen LogP contribution in [0, 0.1) is 0 Å². The van der Waals surface area contributed by atoms with Crippen LogP contribution in [0.15, 0.2) is 144 Å². The SMILES string of the molecule is c1ccc(-c2nc(-c3cccc(-c4ccc5c(c4)-c4ccccc4C54CCCCC4)c3)nc(-c3ccc4oc5ccccc5c4c3)n2)cc1. The highest BCUT2D eigenvalue weighted by molar-refractivity contribution is 6.06. The summed E-state index contributed by atoms with van der Waals surface area (Å²) >= 11 is 0. The zero-order chi connectivity index (χ0) is 32.4. The summed E-state index contributed by atoms with van der Waals surface area (Å²) in [5.74, 6) is 1.93. The van der Waals surface area contributed by atoms with Crippen LogP contribution in [-0.4, -0.2) is 15.0 Å². The molecule has 0 atom stereocenters. The molecule has 4 nitrogen and oxygen atoms in total. The molecule has 8 aromatic rings. The monoisotopic (exact) mass is 631 g/mol. The van der Waals surface area contributed by atoms with Gasteiger partial charge in [0.25, 0.3) is 0 Å². The highest BCUT2D eigenvalue weighted by Crippen LogP contribution is 2.56. The topological polar surface area (TPSA) is 51.8 Å². The molecule has 0 amide bonds. The second kappa shape index (κ2) is 11.1. The van der Waals surface area contributed by atoms with Gasteiger partial charge in [-0.25, -0.2) is 15.0 Å². The summed E-state index contributed by atoms with van der Waals surface area (Å²) in [5.41, 5.74) is 12.9. The molecule has 234 valence electrons. The summed E-state index contributed by atoms with van der Waals surface area (Å²) in [6, 6.07) is 49.3. The Labute approximate surface area is 285 Å². The van der Waals surface area contributed by atoms with Gasteiger partial charge in [0.15, 0.2) is 17.5 Å². The smallest absolute Gasteiger partial charge is 0.164 e. The van der Waals surface area contributed by atoms with Crippen molar-refractivity contribution in [3.8, 4) is 56.4 Å². The van der Waals surface area contributed by atoms with Gasteiger partial charge >= 0.3 is 0 Å². The number of benzene rings is 6. The fourth-order valence-electron chi connectivity index (χ4n) is 8.39. The van der Waals surface area contributed by atoms with Crippen molar-refractivity contribution in [2.24, 2.45) is 0 Å². The third kappa shape index (κ3) is 4.55. The number of hydrogen-bond donors (Lipinski definition) is 0. The average Bonchev–Trinajstić information content (AvgIpc) is 3.68. The Morgan fingerprint density at radius 3 is 1.88 bits per heavy atom. The minimum Gasteiger partial charge on any atom is -0.456 e. The van der Waals surface area contributed by atoms with E-state index in [4.69, 9.17) is 19.4 Å². The number of hydrogen-bond acceptors (Lipinski definition) is 4. The van der Waals surface area contributed by atoms with E-state index in [0.29, 0.717) is 17.5 Å². The van der Waals surface area contributed by atoms with Gasteiger partial charge in [-0.15, -0.1) is 0 Å². The minimum absolute atomic E-state index is 0.158. The van der Waals surface area contributed by atoms with Crippen LogP contribution < -0.4 is 0 Å². The predicted molar refractivity (Wildman–Crippen MR) is 198 cm³/mol. The molecule has 2 aliphatic carbocycles. The summed E-state index contributed by atoms with van der Waals surface area (Å²) in [6.45, 7) is 0. The first-order chi connectivity index (χ1) is 24.2. The van der Waals surface area contributed by atoms with Crippen molar-refractivity contribution in [2.75, 3.05) is 0 Å². The van der Waals surface area contributed by atoms with Gasteiger partial charge in [-0.2, -0.15) is 0 Å². The molecular weight excluding hydrogens is 599 g/mol. The van der Waals surface area contributed by atoms with Gasteiger partial charge in [0.1, 0.15) is 11.2 Å². The third-order valence-corrected chi connectivity index (χ3v) is 10.7. The summed E-state index contributed by atoms with van der Waals surface area (Å²) < 4.78 is 6.11. The number of nitrogens with zero attached hydrogens (tertiary/aromatic N) is 3. The molecule has 0 bridgehead atoms. The molecule has 10 rings (SSSR count). The van der Waals surface area contributed by atoms with E-state index < -0.39 is 0 Å². The third-order valence-electron chi connectivity index (χ3n) is 10.7. The van der Waals surface area contributed by atoms with Crippen LogP contribution in [0.1, 0.15) is 43.2 Å². The summed E-state index contributed by atoms with van der Waals surface area (Å²) in [6.07, 6.45) is 6.40. The maximum absolute atomic E-state index is 6.11. The Hall–Kier alpha value is -5.87. The van der Waals surface area contributed by atoms with Crippen molar-refractivity contribution in [1.29, 1.82) is 0 Å². The molecule has 0 saturated heterocycles. The van der Waals surface area contributed by atoms with E-state index in [1.807, 2.05) is 60.7 Å². The molecule has 0 N–H and O–H groups in total. The Morgan fingerprint density at radius 2 is 1.02 bits per heavy atom. The molecule has 1 spiro atoms. The maximum Gasteiger partial charge on any atom is 0.164 e. The van der Waals surface area contributed by atoms with Crippen molar-refractivity contribution in [3.05, 3.63) is 151 Å². The van der Waals surface area contributed by atoms with Crippen LogP contribution in [0.2, 0.25) is 0 Å². The Bertz CT molecular complexity index is 2540. The molecule has 49 heavy (non-hydrogen) atoms. The van der Waals surface area contributed by atoms with Gasteiger partial charge < -0.3 is 4.42 Å². The quantitative estimate of drug-likeness (QED) is 0.194. The second-order valence-electron chi connectivity index (χ2n) is 13.5. The van der Waals surface area contributed by atoms with Crippen LogP contribution in [0.3, 0.4) is 0 Å². The Kier molecular flexibility index (Phi) is 6.38. The van der Waals surface area contributed by atoms with Crippen LogP contribution >= 0.6 is 0 Å². The van der Waals surface area contributed by atoms with Crippen molar-refractivity contribution in [2.45, 2.75) is 37.5 Å². The molecule has 0 radical (unpaired) electrons. The van der Waals surface area contributed by atoms with E-state index in [0.717, 1.165) is 44.2 Å². The lowest BCUT2D eigenvalue weighted by Crippen LogP contribution is -2.27. The first-order valence-electron chi connectivity index (χ1n) is 17.3. The first-order valence-corrected chi connectivity index (χ1v) is 17.3. The number of fused-ring (bicyclic) bond motifs is 8. The van der Waals surface area contributed by atoms with Crippen molar-refractivity contribution >= 4 is 21.9 Å². The lowest BCUT2D eigenvalue weighted by atomic mass is 9.68. The van der Waals surface area contributed by atoms with E-state index in [2.05, 4.69) is 78.9 Å². The van der Waals surface area contributed by atoms with E-state index in [1.54, 1.807) is 0 Å².